The van der Waals surface area contributed by atoms with Crippen LogP contribution in [0.25, 0.3) is 0 Å². The smallest absolute Gasteiger partial charge is 0.748 e. The van der Waals surface area contributed by atoms with E-state index in [0.717, 1.165) is 0 Å². The largest absolute Gasteiger partial charge is 1.00 e. The Morgan fingerprint density at radius 3 is 1.27 bits per heavy atom. The molecule has 0 aromatic carbocycles. The molecule has 0 amide bonds. The van der Waals surface area contributed by atoms with Crippen molar-refractivity contribution in [1.82, 2.24) is 0 Å². The van der Waals surface area contributed by atoms with Gasteiger partial charge in [-0.2, -0.15) is 0 Å². The van der Waals surface area contributed by atoms with E-state index in [0.29, 0.717) is 11.5 Å². The van der Waals surface area contributed by atoms with Crippen LogP contribution in [0.3, 0.4) is 0 Å². The number of rotatable bonds is 11. The summed E-state index contributed by atoms with van der Waals surface area (Å²) in [6, 6.07) is -0.816. The van der Waals surface area contributed by atoms with Crippen LogP contribution in [0.1, 0.15) is 12.8 Å². The standard InChI is InChI=1S/C8H20N2O6S4.2Na/c9-7(1-3-19(11,12)13)5-17-18-6-8(10)2-4-20(14,15)16;;/h7-8H,1-6,9-10H2,(H,11,12,13)(H,14,15,16);;/q;2*+1/p-2. The molecule has 0 aromatic heterocycles. The van der Waals surface area contributed by atoms with Crippen molar-refractivity contribution >= 4 is 41.8 Å². The van der Waals surface area contributed by atoms with Gasteiger partial charge in [-0.1, -0.05) is 21.6 Å². The molecule has 0 saturated heterocycles. The number of hydrogen-bond donors (Lipinski definition) is 2. The maximum absolute atomic E-state index is 10.4. The summed E-state index contributed by atoms with van der Waals surface area (Å²) in [6.45, 7) is 0. The van der Waals surface area contributed by atoms with Crippen molar-refractivity contribution in [3.8, 4) is 0 Å². The van der Waals surface area contributed by atoms with Gasteiger partial charge in [0, 0.05) is 35.1 Å². The van der Waals surface area contributed by atoms with Crippen molar-refractivity contribution in [3.63, 3.8) is 0 Å². The van der Waals surface area contributed by atoms with Gasteiger partial charge in [0.25, 0.3) is 0 Å². The van der Waals surface area contributed by atoms with Crippen molar-refractivity contribution in [1.29, 1.82) is 0 Å². The quantitative estimate of drug-likeness (QED) is 0.144. The Labute approximate surface area is 184 Å². The van der Waals surface area contributed by atoms with Crippen molar-refractivity contribution in [2.75, 3.05) is 23.0 Å². The third-order valence-corrected chi connectivity index (χ3v) is 6.21. The zero-order chi connectivity index (χ0) is 15.8. The van der Waals surface area contributed by atoms with Crippen LogP contribution in [0.5, 0.6) is 0 Å². The molecule has 0 rings (SSSR count). The average molecular weight is 412 g/mol. The summed E-state index contributed by atoms with van der Waals surface area (Å²) < 4.78 is 62.4. The molecule has 0 spiro atoms. The first-order chi connectivity index (χ1) is 8.99. The summed E-state index contributed by atoms with van der Waals surface area (Å²) in [7, 11) is -5.75. The van der Waals surface area contributed by atoms with Crippen molar-refractivity contribution in [2.45, 2.75) is 24.9 Å². The van der Waals surface area contributed by atoms with E-state index in [9.17, 15) is 25.9 Å². The van der Waals surface area contributed by atoms with Crippen LogP contribution in [0.4, 0.5) is 0 Å². The van der Waals surface area contributed by atoms with Crippen LogP contribution in [-0.4, -0.2) is 61.0 Å². The predicted octanol–water partition coefficient (Wildman–Crippen LogP) is -7.10. The molecule has 0 heterocycles. The van der Waals surface area contributed by atoms with Crippen LogP contribution < -0.4 is 70.6 Å². The van der Waals surface area contributed by atoms with Gasteiger partial charge in [0.05, 0.1) is 20.2 Å². The minimum Gasteiger partial charge on any atom is -0.748 e. The molecule has 0 aliphatic heterocycles. The second-order valence-electron chi connectivity index (χ2n) is 4.19. The van der Waals surface area contributed by atoms with Crippen LogP contribution >= 0.6 is 21.6 Å². The minimum atomic E-state index is -4.24. The Bertz CT molecular complexity index is 431. The first-order valence-electron chi connectivity index (χ1n) is 5.62. The molecule has 14 heteroatoms. The SMILES string of the molecule is NC(CCS(=O)(=O)[O-])CSSCC(N)CCS(=O)(=O)[O-].[Na+].[Na+]. The Morgan fingerprint density at radius 1 is 0.773 bits per heavy atom. The van der Waals surface area contributed by atoms with E-state index >= 15 is 0 Å². The third kappa shape index (κ3) is 22.4. The fourth-order valence-electron chi connectivity index (χ4n) is 1.03. The van der Waals surface area contributed by atoms with E-state index in [2.05, 4.69) is 0 Å². The molecule has 4 N–H and O–H groups in total. The second-order valence-corrected chi connectivity index (χ2v) is 9.79. The maximum atomic E-state index is 10.4. The molecule has 0 aliphatic carbocycles. The molecule has 2 unspecified atom stereocenters. The summed E-state index contributed by atoms with van der Waals surface area (Å²) in [6.07, 6.45) is 0.194. The summed E-state index contributed by atoms with van der Waals surface area (Å²) in [4.78, 5) is 0. The number of hydrogen-bond acceptors (Lipinski definition) is 10. The molecule has 0 saturated carbocycles. The summed E-state index contributed by atoms with van der Waals surface area (Å²) >= 11 is 0. The van der Waals surface area contributed by atoms with E-state index in [1.165, 1.54) is 21.6 Å². The normalized spacial score (nSPS) is 14.5. The van der Waals surface area contributed by atoms with E-state index in [-0.39, 0.29) is 72.0 Å². The second kappa shape index (κ2) is 14.6. The molecular weight excluding hydrogens is 394 g/mol. The van der Waals surface area contributed by atoms with E-state index in [1.54, 1.807) is 0 Å². The van der Waals surface area contributed by atoms with E-state index in [1.807, 2.05) is 0 Å². The van der Waals surface area contributed by atoms with Gasteiger partial charge in [-0.25, -0.2) is 16.8 Å². The molecule has 0 bridgehead atoms. The zero-order valence-corrected chi connectivity index (χ0v) is 19.9. The Hall–Kier alpha value is 2.44. The summed E-state index contributed by atoms with van der Waals surface area (Å²) in [5.41, 5.74) is 11.2. The average Bonchev–Trinajstić information content (AvgIpc) is 2.27. The molecule has 22 heavy (non-hydrogen) atoms. The molecular formula is C8H18N2Na2O6S4. The van der Waals surface area contributed by atoms with Gasteiger partial charge in [-0.05, 0) is 12.8 Å². The van der Waals surface area contributed by atoms with Crippen LogP contribution in [0, 0.1) is 0 Å². The third-order valence-electron chi connectivity index (χ3n) is 2.12. The molecule has 0 fully saturated rings. The first kappa shape index (κ1) is 29.2. The van der Waals surface area contributed by atoms with Crippen molar-refractivity contribution < 1.29 is 85.1 Å². The fourth-order valence-corrected chi connectivity index (χ4v) is 4.71. The van der Waals surface area contributed by atoms with Gasteiger partial charge in [-0.15, -0.1) is 0 Å². The molecule has 2 atom stereocenters. The molecule has 8 nitrogen and oxygen atoms in total. The van der Waals surface area contributed by atoms with Crippen molar-refractivity contribution in [2.24, 2.45) is 11.5 Å². The minimum absolute atomic E-state index is 0. The topological polar surface area (TPSA) is 166 Å². The molecule has 0 radical (unpaired) electrons. The maximum Gasteiger partial charge on any atom is 1.00 e. The van der Waals surface area contributed by atoms with E-state index in [4.69, 9.17) is 11.5 Å². The first-order valence-corrected chi connectivity index (χ1v) is 11.3. The van der Waals surface area contributed by atoms with E-state index < -0.39 is 43.8 Å². The van der Waals surface area contributed by atoms with Gasteiger partial charge in [-0.3, -0.25) is 0 Å². The summed E-state index contributed by atoms with van der Waals surface area (Å²) in [5.74, 6) is -0.0694. The monoisotopic (exact) mass is 412 g/mol. The van der Waals surface area contributed by atoms with Gasteiger partial charge < -0.3 is 20.6 Å². The van der Waals surface area contributed by atoms with Crippen LogP contribution in [0.15, 0.2) is 0 Å². The molecule has 0 aliphatic rings. The predicted molar refractivity (Wildman–Crippen MR) is 79.2 cm³/mol. The summed E-state index contributed by atoms with van der Waals surface area (Å²) in [5, 5.41) is 0. The fraction of sp³-hybridized carbons (Fsp3) is 1.00. The number of nitrogens with two attached hydrogens (primary N) is 2. The zero-order valence-electron chi connectivity index (χ0n) is 12.6. The molecule has 0 aromatic rings. The Kier molecular flexibility index (Phi) is 19.4. The van der Waals surface area contributed by atoms with Gasteiger partial charge in [0.1, 0.15) is 0 Å². The van der Waals surface area contributed by atoms with Crippen LogP contribution in [0.2, 0.25) is 0 Å². The molecule has 122 valence electrons. The van der Waals surface area contributed by atoms with Gasteiger partial charge in [0.15, 0.2) is 0 Å². The van der Waals surface area contributed by atoms with Crippen molar-refractivity contribution in [3.05, 3.63) is 0 Å². The Balaban J connectivity index is -0.00000180. The van der Waals surface area contributed by atoms with Gasteiger partial charge in [0.2, 0.25) is 0 Å². The Morgan fingerprint density at radius 2 is 1.05 bits per heavy atom. The van der Waals surface area contributed by atoms with Crippen LogP contribution in [-0.2, 0) is 20.2 Å². The van der Waals surface area contributed by atoms with Gasteiger partial charge >= 0.3 is 59.1 Å².